The van der Waals surface area contributed by atoms with Crippen LogP contribution >= 0.6 is 0 Å². The molecule has 2 aromatic carbocycles. The number of aromatic amines is 1. The molecule has 3 aromatic rings. The van der Waals surface area contributed by atoms with E-state index in [0.29, 0.717) is 11.8 Å². The molecule has 28 heavy (non-hydrogen) atoms. The van der Waals surface area contributed by atoms with Crippen LogP contribution in [0.5, 0.6) is 0 Å². The van der Waals surface area contributed by atoms with Gasteiger partial charge in [-0.2, -0.15) is 0 Å². The number of nitrogens with two attached hydrogens (primary N) is 1. The van der Waals surface area contributed by atoms with Gasteiger partial charge in [0.15, 0.2) is 0 Å². The van der Waals surface area contributed by atoms with Crippen LogP contribution in [0.15, 0.2) is 59.4 Å². The summed E-state index contributed by atoms with van der Waals surface area (Å²) < 4.78 is 6.24. The topological polar surface area (TPSA) is 68.1 Å². The highest BCUT2D eigenvalue weighted by molar-refractivity contribution is 5.86. The van der Waals surface area contributed by atoms with Gasteiger partial charge in [-0.15, -0.1) is 0 Å². The second-order valence-corrected chi connectivity index (χ2v) is 8.20. The third-order valence-electron chi connectivity index (χ3n) is 6.67. The monoisotopic (exact) mass is 376 g/mol. The van der Waals surface area contributed by atoms with Crippen LogP contribution in [0.2, 0.25) is 0 Å². The molecule has 3 N–H and O–H groups in total. The van der Waals surface area contributed by atoms with Crippen LogP contribution in [0.4, 0.5) is 0 Å². The number of ether oxygens (including phenoxy) is 1. The summed E-state index contributed by atoms with van der Waals surface area (Å²) in [7, 11) is 1.78. The molecule has 0 bridgehead atoms. The Balaban J connectivity index is 2.05. The molecule has 0 saturated heterocycles. The normalized spacial score (nSPS) is 25.4. The standard InChI is InChI=1S/C24H28N2O2/c1-4-20(25)23(2)15-24(28-3,16-10-6-5-7-11-16)14-19-17-12-8-9-13-18(17)22(27)26-21(19)23/h5-13,20H,4,14-15,25H2,1-3H3,(H,26,27). The summed E-state index contributed by atoms with van der Waals surface area (Å²) in [5.74, 6) is 0. The van der Waals surface area contributed by atoms with Crippen molar-refractivity contribution in [3.05, 3.63) is 81.8 Å². The van der Waals surface area contributed by atoms with E-state index in [4.69, 9.17) is 10.5 Å². The van der Waals surface area contributed by atoms with Gasteiger partial charge in [0.25, 0.3) is 5.56 Å². The van der Waals surface area contributed by atoms with Gasteiger partial charge in [-0.25, -0.2) is 0 Å². The van der Waals surface area contributed by atoms with E-state index in [0.717, 1.165) is 35.0 Å². The van der Waals surface area contributed by atoms with Gasteiger partial charge in [-0.3, -0.25) is 4.79 Å². The molecule has 0 radical (unpaired) electrons. The molecular weight excluding hydrogens is 348 g/mol. The van der Waals surface area contributed by atoms with Gasteiger partial charge in [0, 0.05) is 36.1 Å². The number of aromatic nitrogens is 1. The number of hydrogen-bond acceptors (Lipinski definition) is 3. The van der Waals surface area contributed by atoms with Gasteiger partial charge in [-0.05, 0) is 35.4 Å². The Morgan fingerprint density at radius 2 is 1.75 bits per heavy atom. The lowest BCUT2D eigenvalue weighted by molar-refractivity contribution is -0.0502. The van der Waals surface area contributed by atoms with Crippen molar-refractivity contribution in [1.82, 2.24) is 4.98 Å². The van der Waals surface area contributed by atoms with Gasteiger partial charge in [0.1, 0.15) is 0 Å². The molecule has 1 aromatic heterocycles. The molecule has 1 aliphatic carbocycles. The average molecular weight is 377 g/mol. The van der Waals surface area contributed by atoms with E-state index in [-0.39, 0.29) is 11.6 Å². The first-order valence-corrected chi connectivity index (χ1v) is 9.96. The molecule has 0 fully saturated rings. The molecule has 4 heteroatoms. The molecule has 146 valence electrons. The molecule has 0 amide bonds. The van der Waals surface area contributed by atoms with Crippen LogP contribution in [-0.2, 0) is 22.2 Å². The Bertz CT molecular complexity index is 1060. The van der Waals surface area contributed by atoms with Crippen molar-refractivity contribution in [1.29, 1.82) is 0 Å². The second kappa shape index (κ2) is 6.87. The first-order chi connectivity index (χ1) is 13.4. The van der Waals surface area contributed by atoms with Crippen molar-refractivity contribution in [2.45, 2.75) is 50.2 Å². The van der Waals surface area contributed by atoms with E-state index in [2.05, 4.69) is 31.0 Å². The summed E-state index contributed by atoms with van der Waals surface area (Å²) in [6.45, 7) is 4.26. The molecule has 0 spiro atoms. The van der Waals surface area contributed by atoms with Crippen LogP contribution in [0, 0.1) is 0 Å². The SMILES string of the molecule is CCC(N)C1(C)CC(OC)(c2ccccc2)Cc2c1[nH]c(=O)c1ccccc21. The first kappa shape index (κ1) is 18.9. The lowest BCUT2D eigenvalue weighted by Crippen LogP contribution is -2.53. The highest BCUT2D eigenvalue weighted by atomic mass is 16.5. The van der Waals surface area contributed by atoms with Gasteiger partial charge in [-0.1, -0.05) is 62.4 Å². The summed E-state index contributed by atoms with van der Waals surface area (Å²) in [6.07, 6.45) is 2.24. The van der Waals surface area contributed by atoms with Crippen LogP contribution in [0.25, 0.3) is 10.8 Å². The van der Waals surface area contributed by atoms with Crippen molar-refractivity contribution < 1.29 is 4.74 Å². The van der Waals surface area contributed by atoms with E-state index >= 15 is 0 Å². The number of benzene rings is 2. The van der Waals surface area contributed by atoms with Crippen LogP contribution in [0.1, 0.15) is 43.5 Å². The van der Waals surface area contributed by atoms with Crippen molar-refractivity contribution >= 4 is 10.8 Å². The molecule has 0 saturated carbocycles. The van der Waals surface area contributed by atoms with Crippen molar-refractivity contribution in [3.8, 4) is 0 Å². The van der Waals surface area contributed by atoms with Gasteiger partial charge < -0.3 is 15.5 Å². The lowest BCUT2D eigenvalue weighted by atomic mass is 9.61. The molecule has 3 unspecified atom stereocenters. The second-order valence-electron chi connectivity index (χ2n) is 8.20. The first-order valence-electron chi connectivity index (χ1n) is 9.96. The molecule has 3 atom stereocenters. The minimum atomic E-state index is -0.489. The maximum Gasteiger partial charge on any atom is 0.256 e. The van der Waals surface area contributed by atoms with Crippen LogP contribution in [0.3, 0.4) is 0 Å². The highest BCUT2D eigenvalue weighted by Crippen LogP contribution is 2.50. The largest absolute Gasteiger partial charge is 0.373 e. The quantitative estimate of drug-likeness (QED) is 0.723. The fourth-order valence-electron chi connectivity index (χ4n) is 5.01. The third-order valence-corrected chi connectivity index (χ3v) is 6.67. The predicted octanol–water partition coefficient (Wildman–Crippen LogP) is 4.01. The Kier molecular flexibility index (Phi) is 4.64. The molecule has 4 nitrogen and oxygen atoms in total. The highest BCUT2D eigenvalue weighted by Gasteiger charge is 2.50. The minimum absolute atomic E-state index is 0.0477. The van der Waals surface area contributed by atoms with Gasteiger partial charge >= 0.3 is 0 Å². The number of hydrogen-bond donors (Lipinski definition) is 2. The predicted molar refractivity (Wildman–Crippen MR) is 114 cm³/mol. The van der Waals surface area contributed by atoms with Crippen molar-refractivity contribution in [3.63, 3.8) is 0 Å². The fraction of sp³-hybridized carbons (Fsp3) is 0.375. The van der Waals surface area contributed by atoms with Crippen molar-refractivity contribution in [2.75, 3.05) is 7.11 Å². The van der Waals surface area contributed by atoms with E-state index in [1.54, 1.807) is 7.11 Å². The van der Waals surface area contributed by atoms with E-state index in [9.17, 15) is 4.79 Å². The molecular formula is C24H28N2O2. The van der Waals surface area contributed by atoms with Gasteiger partial charge in [0.05, 0.1) is 5.60 Å². The smallest absolute Gasteiger partial charge is 0.256 e. The minimum Gasteiger partial charge on any atom is -0.373 e. The molecule has 1 heterocycles. The van der Waals surface area contributed by atoms with Crippen LogP contribution in [-0.4, -0.2) is 18.1 Å². The average Bonchev–Trinajstić information content (AvgIpc) is 2.74. The Hall–Kier alpha value is -2.43. The summed E-state index contributed by atoms with van der Waals surface area (Å²) in [4.78, 5) is 16.0. The van der Waals surface area contributed by atoms with Gasteiger partial charge in [0.2, 0.25) is 0 Å². The number of fused-ring (bicyclic) bond motifs is 3. The Morgan fingerprint density at radius 3 is 2.39 bits per heavy atom. The van der Waals surface area contributed by atoms with E-state index in [1.165, 1.54) is 0 Å². The maximum absolute atomic E-state index is 12.8. The lowest BCUT2D eigenvalue weighted by Gasteiger charge is -2.49. The number of pyridine rings is 1. The molecule has 1 aliphatic rings. The third kappa shape index (κ3) is 2.71. The molecule has 4 rings (SSSR count). The fourth-order valence-corrected chi connectivity index (χ4v) is 5.01. The molecule has 0 aliphatic heterocycles. The van der Waals surface area contributed by atoms with E-state index in [1.807, 2.05) is 42.5 Å². The summed E-state index contributed by atoms with van der Waals surface area (Å²) >= 11 is 0. The van der Waals surface area contributed by atoms with Crippen LogP contribution < -0.4 is 11.3 Å². The number of nitrogens with one attached hydrogen (secondary N) is 1. The Labute approximate surface area is 165 Å². The summed E-state index contributed by atoms with van der Waals surface area (Å²) in [6, 6.07) is 18.1. The zero-order chi connectivity index (χ0) is 19.9. The number of methoxy groups -OCH3 is 1. The Morgan fingerprint density at radius 1 is 1.11 bits per heavy atom. The summed E-state index contributed by atoms with van der Waals surface area (Å²) in [5, 5.41) is 1.71. The van der Waals surface area contributed by atoms with E-state index < -0.39 is 11.0 Å². The number of rotatable bonds is 4. The zero-order valence-electron chi connectivity index (χ0n) is 16.8. The van der Waals surface area contributed by atoms with Crippen molar-refractivity contribution in [2.24, 2.45) is 5.73 Å². The number of H-pyrrole nitrogens is 1. The maximum atomic E-state index is 12.8. The zero-order valence-corrected chi connectivity index (χ0v) is 16.8. The summed E-state index contributed by atoms with van der Waals surface area (Å²) in [5.41, 5.74) is 8.98.